The van der Waals surface area contributed by atoms with Crippen LogP contribution in [0, 0.1) is 10.1 Å². The van der Waals surface area contributed by atoms with Gasteiger partial charge in [-0.2, -0.15) is 0 Å². The number of nitrogens with one attached hydrogen (secondary N) is 1. The fourth-order valence-corrected chi connectivity index (χ4v) is 1.89. The third-order valence-electron chi connectivity index (χ3n) is 2.55. The molecule has 110 valence electrons. The first-order chi connectivity index (χ1) is 10.0. The third-order valence-corrected chi connectivity index (χ3v) is 3.13. The summed E-state index contributed by atoms with van der Waals surface area (Å²) in [5.74, 6) is 5.70. The number of pyridine rings is 1. The highest BCUT2D eigenvalue weighted by Gasteiger charge is 2.16. The van der Waals surface area contributed by atoms with Crippen molar-refractivity contribution in [1.29, 1.82) is 0 Å². The van der Waals surface area contributed by atoms with Crippen molar-refractivity contribution in [3.05, 3.63) is 56.2 Å². The van der Waals surface area contributed by atoms with Crippen molar-refractivity contribution < 1.29 is 9.66 Å². The number of rotatable bonds is 5. The van der Waals surface area contributed by atoms with Crippen molar-refractivity contribution in [3.63, 3.8) is 0 Å². The maximum absolute atomic E-state index is 10.9. The van der Waals surface area contributed by atoms with Crippen LogP contribution in [0.15, 0.2) is 30.3 Å². The predicted molar refractivity (Wildman–Crippen MR) is 79.5 cm³/mol. The largest absolute Gasteiger partial charge is 0.480 e. The van der Waals surface area contributed by atoms with Crippen LogP contribution in [-0.2, 0) is 6.61 Å². The van der Waals surface area contributed by atoms with Gasteiger partial charge in [0.25, 0.3) is 0 Å². The molecule has 0 spiro atoms. The fourth-order valence-electron chi connectivity index (χ4n) is 1.57. The van der Waals surface area contributed by atoms with Gasteiger partial charge in [0.2, 0.25) is 0 Å². The first-order valence-corrected chi connectivity index (χ1v) is 6.45. The van der Waals surface area contributed by atoms with Gasteiger partial charge in [-0.3, -0.25) is 10.1 Å². The number of hydrazine groups is 1. The minimum Gasteiger partial charge on any atom is -0.480 e. The third kappa shape index (κ3) is 3.72. The molecule has 3 N–H and O–H groups in total. The van der Waals surface area contributed by atoms with E-state index >= 15 is 0 Å². The van der Waals surface area contributed by atoms with Crippen molar-refractivity contribution in [3.8, 4) is 5.75 Å². The van der Waals surface area contributed by atoms with E-state index in [-0.39, 0.29) is 18.0 Å². The monoisotopic (exact) mass is 328 g/mol. The van der Waals surface area contributed by atoms with Gasteiger partial charge in [-0.25, -0.2) is 10.8 Å². The highest BCUT2D eigenvalue weighted by molar-refractivity contribution is 6.31. The summed E-state index contributed by atoms with van der Waals surface area (Å²) in [6.07, 6.45) is 0. The lowest BCUT2D eigenvalue weighted by molar-refractivity contribution is -0.385. The lowest BCUT2D eigenvalue weighted by Gasteiger charge is -2.09. The summed E-state index contributed by atoms with van der Waals surface area (Å²) in [6, 6.07) is 7.22. The summed E-state index contributed by atoms with van der Waals surface area (Å²) in [6.45, 7) is -0.0600. The number of aromatic nitrogens is 1. The summed E-state index contributed by atoms with van der Waals surface area (Å²) in [4.78, 5) is 14.5. The second kappa shape index (κ2) is 6.57. The molecule has 0 unspecified atom stereocenters. The molecule has 2 rings (SSSR count). The molecule has 0 saturated heterocycles. The quantitative estimate of drug-likeness (QED) is 0.496. The van der Waals surface area contributed by atoms with E-state index in [0.717, 1.165) is 0 Å². The normalized spacial score (nSPS) is 10.2. The maximum Gasteiger partial charge on any atom is 0.311 e. The molecule has 0 fully saturated rings. The SMILES string of the molecule is NNc1ccc(Cl)c(COc2cc(Cl)ccc2[N+](=O)[O-])n1. The van der Waals surface area contributed by atoms with Crippen molar-refractivity contribution in [2.24, 2.45) is 5.84 Å². The molecule has 0 aliphatic rings. The lowest BCUT2D eigenvalue weighted by Crippen LogP contribution is -2.10. The Morgan fingerprint density at radius 1 is 1.33 bits per heavy atom. The molecular weight excluding hydrogens is 319 g/mol. The van der Waals surface area contributed by atoms with Gasteiger partial charge in [0.1, 0.15) is 12.4 Å². The second-order valence-electron chi connectivity index (χ2n) is 3.93. The number of anilines is 1. The highest BCUT2D eigenvalue weighted by Crippen LogP contribution is 2.31. The molecule has 1 heterocycles. The number of hydrogen-bond donors (Lipinski definition) is 2. The molecule has 9 heteroatoms. The fraction of sp³-hybridized carbons (Fsp3) is 0.0833. The maximum atomic E-state index is 10.9. The van der Waals surface area contributed by atoms with E-state index < -0.39 is 4.92 Å². The zero-order valence-electron chi connectivity index (χ0n) is 10.5. The molecule has 0 aliphatic heterocycles. The van der Waals surface area contributed by atoms with Crippen molar-refractivity contribution >= 4 is 34.7 Å². The molecule has 0 saturated carbocycles. The van der Waals surface area contributed by atoms with Gasteiger partial charge in [-0.05, 0) is 18.2 Å². The average molecular weight is 329 g/mol. The number of benzene rings is 1. The van der Waals surface area contributed by atoms with Gasteiger partial charge >= 0.3 is 5.69 Å². The Hall–Kier alpha value is -2.09. The number of hydrogen-bond acceptors (Lipinski definition) is 6. The summed E-state index contributed by atoms with van der Waals surface area (Å²) in [7, 11) is 0. The number of nitro groups is 1. The molecular formula is C12H10Cl2N4O3. The van der Waals surface area contributed by atoms with Gasteiger partial charge in [0, 0.05) is 17.2 Å². The summed E-state index contributed by atoms with van der Waals surface area (Å²) in [5, 5.41) is 11.6. The van der Waals surface area contributed by atoms with Crippen molar-refractivity contribution in [2.45, 2.75) is 6.61 Å². The number of nitro benzene ring substituents is 1. The Morgan fingerprint density at radius 2 is 2.10 bits per heavy atom. The molecule has 0 atom stereocenters. The minimum absolute atomic E-state index is 0.0384. The molecule has 21 heavy (non-hydrogen) atoms. The molecule has 0 amide bonds. The summed E-state index contributed by atoms with van der Waals surface area (Å²) >= 11 is 11.8. The van der Waals surface area contributed by atoms with E-state index in [2.05, 4.69) is 10.4 Å². The van der Waals surface area contributed by atoms with Gasteiger partial charge < -0.3 is 10.2 Å². The predicted octanol–water partition coefficient (Wildman–Crippen LogP) is 3.16. The Morgan fingerprint density at radius 3 is 2.76 bits per heavy atom. The van der Waals surface area contributed by atoms with E-state index in [1.807, 2.05) is 0 Å². The van der Waals surface area contributed by atoms with Crippen LogP contribution in [0.4, 0.5) is 11.5 Å². The van der Waals surface area contributed by atoms with Gasteiger partial charge in [-0.15, -0.1) is 0 Å². The zero-order valence-corrected chi connectivity index (χ0v) is 12.1. The minimum atomic E-state index is -0.557. The van der Waals surface area contributed by atoms with Crippen molar-refractivity contribution in [1.82, 2.24) is 4.98 Å². The smallest absolute Gasteiger partial charge is 0.311 e. The molecule has 7 nitrogen and oxygen atoms in total. The first-order valence-electron chi connectivity index (χ1n) is 5.70. The molecule has 1 aromatic heterocycles. The Kier molecular flexibility index (Phi) is 4.79. The van der Waals surface area contributed by atoms with Crippen LogP contribution in [0.25, 0.3) is 0 Å². The van der Waals surface area contributed by atoms with Crippen LogP contribution in [0.2, 0.25) is 10.0 Å². The molecule has 2 aromatic rings. The van der Waals surface area contributed by atoms with Gasteiger partial charge in [0.05, 0.1) is 15.6 Å². The van der Waals surface area contributed by atoms with E-state index in [1.165, 1.54) is 18.2 Å². The van der Waals surface area contributed by atoms with E-state index in [1.54, 1.807) is 12.1 Å². The van der Waals surface area contributed by atoms with Gasteiger partial charge in [-0.1, -0.05) is 23.2 Å². The number of nitrogen functional groups attached to an aromatic ring is 1. The van der Waals surface area contributed by atoms with E-state index in [4.69, 9.17) is 33.8 Å². The molecule has 0 radical (unpaired) electrons. The Labute approximate surface area is 129 Å². The lowest BCUT2D eigenvalue weighted by atomic mass is 10.3. The van der Waals surface area contributed by atoms with Crippen LogP contribution in [0.3, 0.4) is 0 Å². The average Bonchev–Trinajstić information content (AvgIpc) is 2.46. The van der Waals surface area contributed by atoms with Crippen LogP contribution in [0.5, 0.6) is 5.75 Å². The summed E-state index contributed by atoms with van der Waals surface area (Å²) < 4.78 is 5.40. The van der Waals surface area contributed by atoms with Gasteiger partial charge in [0.15, 0.2) is 5.75 Å². The number of ether oxygens (including phenoxy) is 1. The van der Waals surface area contributed by atoms with Crippen LogP contribution in [0.1, 0.15) is 5.69 Å². The molecule has 1 aromatic carbocycles. The van der Waals surface area contributed by atoms with Crippen LogP contribution < -0.4 is 16.0 Å². The van der Waals surface area contributed by atoms with Crippen LogP contribution in [-0.4, -0.2) is 9.91 Å². The van der Waals surface area contributed by atoms with Crippen molar-refractivity contribution in [2.75, 3.05) is 5.43 Å². The number of nitrogens with zero attached hydrogens (tertiary/aromatic N) is 2. The Balaban J connectivity index is 2.24. The Bertz CT molecular complexity index is 682. The second-order valence-corrected chi connectivity index (χ2v) is 4.77. The first kappa shape index (κ1) is 15.3. The van der Waals surface area contributed by atoms with Crippen LogP contribution >= 0.6 is 23.2 Å². The molecule has 0 bridgehead atoms. The molecule has 0 aliphatic carbocycles. The van der Waals surface area contributed by atoms with E-state index in [9.17, 15) is 10.1 Å². The zero-order chi connectivity index (χ0) is 15.4. The summed E-state index contributed by atoms with van der Waals surface area (Å²) in [5.41, 5.74) is 2.58. The number of halogens is 2. The topological polar surface area (TPSA) is 103 Å². The van der Waals surface area contributed by atoms with E-state index in [0.29, 0.717) is 21.6 Å². The number of nitrogens with two attached hydrogens (primary N) is 1. The standard InChI is InChI=1S/C12H10Cl2N4O3/c13-7-1-3-10(18(19)20)11(5-7)21-6-9-8(14)2-4-12(16-9)17-15/h1-5H,6,15H2,(H,16,17). The highest BCUT2D eigenvalue weighted by atomic mass is 35.5.